The van der Waals surface area contributed by atoms with Crippen LogP contribution in [-0.2, 0) is 0 Å². The fourth-order valence-electron chi connectivity index (χ4n) is 2.12. The molecular weight excluding hydrogens is 230 g/mol. The summed E-state index contributed by atoms with van der Waals surface area (Å²) in [6.07, 6.45) is 0. The summed E-state index contributed by atoms with van der Waals surface area (Å²) in [6.45, 7) is 4.10. The van der Waals surface area contributed by atoms with Gasteiger partial charge >= 0.3 is 0 Å². The molecule has 0 radical (unpaired) electrons. The lowest BCUT2D eigenvalue weighted by molar-refractivity contribution is 0.408. The molecule has 0 fully saturated rings. The maximum atomic E-state index is 6.26. The van der Waals surface area contributed by atoms with Crippen molar-refractivity contribution in [3.63, 3.8) is 0 Å². The van der Waals surface area contributed by atoms with Gasteiger partial charge in [0.25, 0.3) is 0 Å². The highest BCUT2D eigenvalue weighted by atomic mass is 32.1. The number of aryl methyl sites for hydroxylation is 2. The summed E-state index contributed by atoms with van der Waals surface area (Å²) in [7, 11) is 1.70. The Balaban J connectivity index is 2.40. The number of benzene rings is 1. The highest BCUT2D eigenvalue weighted by Crippen LogP contribution is 2.30. The van der Waals surface area contributed by atoms with Crippen LogP contribution in [0.25, 0.3) is 0 Å². The molecule has 1 aromatic heterocycles. The second-order valence-corrected chi connectivity index (χ2v) is 5.16. The molecule has 1 unspecified atom stereocenters. The van der Waals surface area contributed by atoms with Crippen LogP contribution in [0, 0.1) is 13.8 Å². The number of ether oxygens (including phenoxy) is 1. The van der Waals surface area contributed by atoms with Crippen molar-refractivity contribution in [1.29, 1.82) is 0 Å². The summed E-state index contributed by atoms with van der Waals surface area (Å²) in [5.41, 5.74) is 9.67. The zero-order valence-electron chi connectivity index (χ0n) is 10.4. The van der Waals surface area contributed by atoms with E-state index >= 15 is 0 Å². The van der Waals surface area contributed by atoms with Gasteiger partial charge in [-0.25, -0.2) is 0 Å². The van der Waals surface area contributed by atoms with Crippen molar-refractivity contribution < 1.29 is 4.74 Å². The Morgan fingerprint density at radius 3 is 2.35 bits per heavy atom. The number of methoxy groups -OCH3 is 1. The lowest BCUT2D eigenvalue weighted by Gasteiger charge is -2.15. The van der Waals surface area contributed by atoms with Crippen molar-refractivity contribution in [2.24, 2.45) is 5.73 Å². The van der Waals surface area contributed by atoms with Crippen LogP contribution in [0.3, 0.4) is 0 Å². The molecule has 0 saturated heterocycles. The molecule has 1 aromatic carbocycles. The third-order valence-electron chi connectivity index (χ3n) is 2.90. The van der Waals surface area contributed by atoms with Gasteiger partial charge in [0.1, 0.15) is 5.75 Å². The van der Waals surface area contributed by atoms with Gasteiger partial charge in [-0.1, -0.05) is 18.2 Å². The Hall–Kier alpha value is -1.32. The van der Waals surface area contributed by atoms with Crippen molar-refractivity contribution in [2.75, 3.05) is 7.11 Å². The fraction of sp³-hybridized carbons (Fsp3) is 0.286. The zero-order chi connectivity index (χ0) is 12.4. The number of hydrogen-bond acceptors (Lipinski definition) is 3. The number of thiophene rings is 1. The van der Waals surface area contributed by atoms with Gasteiger partial charge in [-0.05, 0) is 42.0 Å². The standard InChI is InChI=1S/C14H17NOS/c1-9-7-11(8-10(2)14(9)16-3)13(15)12-5-4-6-17-12/h4-8,13H,15H2,1-3H3. The molecule has 0 spiro atoms. The van der Waals surface area contributed by atoms with Crippen molar-refractivity contribution in [3.05, 3.63) is 51.2 Å². The minimum Gasteiger partial charge on any atom is -0.496 e. The third-order valence-corrected chi connectivity index (χ3v) is 3.85. The Morgan fingerprint density at radius 2 is 1.88 bits per heavy atom. The Bertz CT molecular complexity index is 482. The van der Waals surface area contributed by atoms with Crippen molar-refractivity contribution >= 4 is 11.3 Å². The molecule has 0 bridgehead atoms. The van der Waals surface area contributed by atoms with E-state index in [4.69, 9.17) is 10.5 Å². The summed E-state index contributed by atoms with van der Waals surface area (Å²) in [5.74, 6) is 0.951. The second kappa shape index (κ2) is 4.90. The lowest BCUT2D eigenvalue weighted by atomic mass is 10.00. The van der Waals surface area contributed by atoms with E-state index in [0.717, 1.165) is 22.4 Å². The molecule has 17 heavy (non-hydrogen) atoms. The minimum atomic E-state index is -0.0432. The van der Waals surface area contributed by atoms with Gasteiger partial charge in [-0.2, -0.15) is 0 Å². The molecule has 2 nitrogen and oxygen atoms in total. The molecule has 0 saturated carbocycles. The van der Waals surface area contributed by atoms with Gasteiger partial charge in [0.15, 0.2) is 0 Å². The molecule has 1 heterocycles. The summed E-state index contributed by atoms with van der Waals surface area (Å²) in [6, 6.07) is 8.28. The van der Waals surface area contributed by atoms with E-state index in [-0.39, 0.29) is 6.04 Å². The average Bonchev–Trinajstić information content (AvgIpc) is 2.81. The van der Waals surface area contributed by atoms with Gasteiger partial charge in [-0.3, -0.25) is 0 Å². The summed E-state index contributed by atoms with van der Waals surface area (Å²) in [4.78, 5) is 1.19. The highest BCUT2D eigenvalue weighted by molar-refractivity contribution is 7.10. The molecular formula is C14H17NOS. The van der Waals surface area contributed by atoms with Crippen LogP contribution in [0.4, 0.5) is 0 Å². The van der Waals surface area contributed by atoms with E-state index in [1.807, 2.05) is 6.07 Å². The molecule has 0 amide bonds. The molecule has 2 aromatic rings. The summed E-state index contributed by atoms with van der Waals surface area (Å²) >= 11 is 1.69. The van der Waals surface area contributed by atoms with Gasteiger partial charge < -0.3 is 10.5 Å². The number of nitrogens with two attached hydrogens (primary N) is 1. The molecule has 90 valence electrons. The van der Waals surface area contributed by atoms with Crippen molar-refractivity contribution in [3.8, 4) is 5.75 Å². The topological polar surface area (TPSA) is 35.2 Å². The minimum absolute atomic E-state index is 0.0432. The first-order valence-electron chi connectivity index (χ1n) is 5.57. The van der Waals surface area contributed by atoms with Gasteiger partial charge in [-0.15, -0.1) is 11.3 Å². The number of rotatable bonds is 3. The monoisotopic (exact) mass is 247 g/mol. The van der Waals surface area contributed by atoms with Gasteiger partial charge in [0.05, 0.1) is 13.2 Å². The molecule has 1 atom stereocenters. The van der Waals surface area contributed by atoms with E-state index in [2.05, 4.69) is 37.4 Å². The molecule has 0 aliphatic rings. The van der Waals surface area contributed by atoms with Crippen molar-refractivity contribution in [1.82, 2.24) is 0 Å². The van der Waals surface area contributed by atoms with Crippen LogP contribution in [0.5, 0.6) is 5.75 Å². The molecule has 0 aliphatic carbocycles. The fourth-order valence-corrected chi connectivity index (χ4v) is 2.87. The first-order valence-corrected chi connectivity index (χ1v) is 6.45. The average molecular weight is 247 g/mol. The van der Waals surface area contributed by atoms with E-state index in [9.17, 15) is 0 Å². The van der Waals surface area contributed by atoms with Crippen LogP contribution in [0.1, 0.15) is 27.6 Å². The summed E-state index contributed by atoms with van der Waals surface area (Å²) in [5, 5.41) is 2.05. The van der Waals surface area contributed by atoms with E-state index in [1.54, 1.807) is 18.4 Å². The van der Waals surface area contributed by atoms with E-state index < -0.39 is 0 Å². The molecule has 2 N–H and O–H groups in total. The maximum Gasteiger partial charge on any atom is 0.124 e. The predicted molar refractivity (Wildman–Crippen MR) is 72.8 cm³/mol. The highest BCUT2D eigenvalue weighted by Gasteiger charge is 2.13. The van der Waals surface area contributed by atoms with Crippen LogP contribution >= 0.6 is 11.3 Å². The first kappa shape index (κ1) is 12.1. The third kappa shape index (κ3) is 2.35. The van der Waals surface area contributed by atoms with Crippen LogP contribution in [0.15, 0.2) is 29.6 Å². The predicted octanol–water partition coefficient (Wildman–Crippen LogP) is 3.42. The summed E-state index contributed by atoms with van der Waals surface area (Å²) < 4.78 is 5.36. The van der Waals surface area contributed by atoms with Crippen LogP contribution in [0.2, 0.25) is 0 Å². The normalized spacial score (nSPS) is 12.5. The van der Waals surface area contributed by atoms with Crippen LogP contribution in [-0.4, -0.2) is 7.11 Å². The molecule has 0 aliphatic heterocycles. The number of hydrogen-bond donors (Lipinski definition) is 1. The quantitative estimate of drug-likeness (QED) is 0.902. The molecule has 2 rings (SSSR count). The Kier molecular flexibility index (Phi) is 3.50. The van der Waals surface area contributed by atoms with Gasteiger partial charge in [0, 0.05) is 4.88 Å². The zero-order valence-corrected chi connectivity index (χ0v) is 11.2. The van der Waals surface area contributed by atoms with Crippen molar-refractivity contribution in [2.45, 2.75) is 19.9 Å². The molecule has 3 heteroatoms. The Morgan fingerprint density at radius 1 is 1.24 bits per heavy atom. The maximum absolute atomic E-state index is 6.26. The van der Waals surface area contributed by atoms with Crippen LogP contribution < -0.4 is 10.5 Å². The lowest BCUT2D eigenvalue weighted by Crippen LogP contribution is -2.11. The smallest absolute Gasteiger partial charge is 0.124 e. The van der Waals surface area contributed by atoms with Gasteiger partial charge in [0.2, 0.25) is 0 Å². The second-order valence-electron chi connectivity index (χ2n) is 4.18. The Labute approximate surface area is 106 Å². The van der Waals surface area contributed by atoms with E-state index in [0.29, 0.717) is 0 Å². The van der Waals surface area contributed by atoms with E-state index in [1.165, 1.54) is 4.88 Å². The largest absolute Gasteiger partial charge is 0.496 e. The first-order chi connectivity index (χ1) is 8.13. The SMILES string of the molecule is COc1c(C)cc(C(N)c2cccs2)cc1C.